The van der Waals surface area contributed by atoms with Gasteiger partial charge in [0.15, 0.2) is 0 Å². The van der Waals surface area contributed by atoms with E-state index in [0.29, 0.717) is 18.1 Å². The molecule has 0 bridgehead atoms. The SMILES string of the molecule is CCCCNC(=O)c1cccc(OCCC(C)C)c1. The van der Waals surface area contributed by atoms with E-state index < -0.39 is 0 Å². The van der Waals surface area contributed by atoms with E-state index in [-0.39, 0.29) is 5.91 Å². The van der Waals surface area contributed by atoms with E-state index in [0.717, 1.165) is 31.6 Å². The molecule has 1 aromatic rings. The molecule has 1 rings (SSSR count). The summed E-state index contributed by atoms with van der Waals surface area (Å²) in [5, 5.41) is 2.91. The van der Waals surface area contributed by atoms with Crippen LogP contribution in [0.1, 0.15) is 50.4 Å². The molecule has 0 atom stereocenters. The van der Waals surface area contributed by atoms with Crippen LogP contribution in [0.5, 0.6) is 5.75 Å². The number of unbranched alkanes of at least 4 members (excludes halogenated alkanes) is 1. The second kappa shape index (κ2) is 8.57. The Morgan fingerprint density at radius 2 is 2.16 bits per heavy atom. The molecule has 3 nitrogen and oxygen atoms in total. The third-order valence-electron chi connectivity index (χ3n) is 2.88. The van der Waals surface area contributed by atoms with Crippen molar-refractivity contribution < 1.29 is 9.53 Å². The van der Waals surface area contributed by atoms with Gasteiger partial charge in [0.1, 0.15) is 5.75 Å². The molecule has 1 N–H and O–H groups in total. The highest BCUT2D eigenvalue weighted by atomic mass is 16.5. The summed E-state index contributed by atoms with van der Waals surface area (Å²) in [6.07, 6.45) is 3.11. The molecule has 0 aliphatic carbocycles. The molecule has 0 radical (unpaired) electrons. The van der Waals surface area contributed by atoms with Crippen LogP contribution in [-0.2, 0) is 0 Å². The Kier molecular flexibility index (Phi) is 7.01. The molecule has 3 heteroatoms. The molecule has 106 valence electrons. The molecular weight excluding hydrogens is 238 g/mol. The smallest absolute Gasteiger partial charge is 0.251 e. The fraction of sp³-hybridized carbons (Fsp3) is 0.562. The van der Waals surface area contributed by atoms with Crippen molar-refractivity contribution in [1.82, 2.24) is 5.32 Å². The van der Waals surface area contributed by atoms with Crippen LogP contribution in [0.2, 0.25) is 0 Å². The van der Waals surface area contributed by atoms with Gasteiger partial charge in [0.25, 0.3) is 5.91 Å². The van der Waals surface area contributed by atoms with Crippen LogP contribution in [0, 0.1) is 5.92 Å². The Bertz CT molecular complexity index is 388. The summed E-state index contributed by atoms with van der Waals surface area (Å²) in [7, 11) is 0. The number of hydrogen-bond donors (Lipinski definition) is 1. The number of carbonyl (C=O) groups excluding carboxylic acids is 1. The van der Waals surface area contributed by atoms with E-state index in [9.17, 15) is 4.79 Å². The van der Waals surface area contributed by atoms with E-state index in [1.165, 1.54) is 0 Å². The molecule has 0 aliphatic rings. The summed E-state index contributed by atoms with van der Waals surface area (Å²) < 4.78 is 5.65. The zero-order chi connectivity index (χ0) is 14.1. The van der Waals surface area contributed by atoms with E-state index >= 15 is 0 Å². The van der Waals surface area contributed by atoms with Crippen molar-refractivity contribution in [2.45, 2.75) is 40.0 Å². The van der Waals surface area contributed by atoms with Gasteiger partial charge in [-0.1, -0.05) is 33.3 Å². The number of nitrogens with one attached hydrogen (secondary N) is 1. The second-order valence-electron chi connectivity index (χ2n) is 5.17. The van der Waals surface area contributed by atoms with Crippen molar-refractivity contribution in [3.05, 3.63) is 29.8 Å². The summed E-state index contributed by atoms with van der Waals surface area (Å²) >= 11 is 0. The van der Waals surface area contributed by atoms with Crippen molar-refractivity contribution >= 4 is 5.91 Å². The number of amides is 1. The molecule has 0 aromatic heterocycles. The normalized spacial score (nSPS) is 10.5. The monoisotopic (exact) mass is 263 g/mol. The standard InChI is InChI=1S/C16H25NO2/c1-4-5-10-17-16(18)14-7-6-8-15(12-14)19-11-9-13(2)3/h6-8,12-13H,4-5,9-11H2,1-3H3,(H,17,18). The maximum Gasteiger partial charge on any atom is 0.251 e. The Hall–Kier alpha value is -1.51. The molecule has 0 aliphatic heterocycles. The Morgan fingerprint density at radius 3 is 2.84 bits per heavy atom. The van der Waals surface area contributed by atoms with Crippen molar-refractivity contribution in [3.63, 3.8) is 0 Å². The average Bonchev–Trinajstić information content (AvgIpc) is 2.39. The van der Waals surface area contributed by atoms with Crippen molar-refractivity contribution in [1.29, 1.82) is 0 Å². The van der Waals surface area contributed by atoms with Crippen LogP contribution in [0.15, 0.2) is 24.3 Å². The molecule has 0 unspecified atom stereocenters. The van der Waals surface area contributed by atoms with Gasteiger partial charge in [0.2, 0.25) is 0 Å². The molecule has 0 spiro atoms. The maximum absolute atomic E-state index is 11.9. The minimum absolute atomic E-state index is 0.0252. The lowest BCUT2D eigenvalue weighted by molar-refractivity contribution is 0.0952. The minimum Gasteiger partial charge on any atom is -0.494 e. The van der Waals surface area contributed by atoms with Crippen molar-refractivity contribution in [2.75, 3.05) is 13.2 Å². The summed E-state index contributed by atoms with van der Waals surface area (Å²) in [5.41, 5.74) is 0.665. The summed E-state index contributed by atoms with van der Waals surface area (Å²) in [4.78, 5) is 11.9. The lowest BCUT2D eigenvalue weighted by Gasteiger charge is -2.09. The number of ether oxygens (including phenoxy) is 1. The first-order valence-electron chi connectivity index (χ1n) is 7.14. The maximum atomic E-state index is 11.9. The summed E-state index contributed by atoms with van der Waals surface area (Å²) in [6.45, 7) is 7.86. The number of benzene rings is 1. The van der Waals surface area contributed by atoms with Crippen LogP contribution < -0.4 is 10.1 Å². The van der Waals surface area contributed by atoms with Gasteiger partial charge in [-0.3, -0.25) is 4.79 Å². The highest BCUT2D eigenvalue weighted by Crippen LogP contribution is 2.14. The lowest BCUT2D eigenvalue weighted by atomic mass is 10.1. The fourth-order valence-corrected chi connectivity index (χ4v) is 1.62. The highest BCUT2D eigenvalue weighted by Gasteiger charge is 2.06. The highest BCUT2D eigenvalue weighted by molar-refractivity contribution is 5.94. The number of carbonyl (C=O) groups is 1. The van der Waals surface area contributed by atoms with Gasteiger partial charge >= 0.3 is 0 Å². The third kappa shape index (κ3) is 6.27. The quantitative estimate of drug-likeness (QED) is 0.727. The zero-order valence-corrected chi connectivity index (χ0v) is 12.2. The van der Waals surface area contributed by atoms with Gasteiger partial charge in [0, 0.05) is 12.1 Å². The van der Waals surface area contributed by atoms with E-state index in [4.69, 9.17) is 4.74 Å². The minimum atomic E-state index is -0.0252. The largest absolute Gasteiger partial charge is 0.494 e. The molecule has 1 aromatic carbocycles. The Morgan fingerprint density at radius 1 is 1.37 bits per heavy atom. The number of rotatable bonds is 8. The van der Waals surface area contributed by atoms with Crippen LogP contribution in [0.3, 0.4) is 0 Å². The van der Waals surface area contributed by atoms with Gasteiger partial charge in [-0.25, -0.2) is 0 Å². The summed E-state index contributed by atoms with van der Waals surface area (Å²) in [5.74, 6) is 1.37. The Labute approximate surface area is 116 Å². The first-order valence-corrected chi connectivity index (χ1v) is 7.14. The third-order valence-corrected chi connectivity index (χ3v) is 2.88. The average molecular weight is 263 g/mol. The first-order chi connectivity index (χ1) is 9.13. The van der Waals surface area contributed by atoms with Gasteiger partial charge in [-0.15, -0.1) is 0 Å². The fourth-order valence-electron chi connectivity index (χ4n) is 1.62. The molecule has 0 saturated carbocycles. The molecular formula is C16H25NO2. The van der Waals surface area contributed by atoms with Gasteiger partial charge in [0.05, 0.1) is 6.61 Å². The van der Waals surface area contributed by atoms with E-state index in [2.05, 4.69) is 26.1 Å². The van der Waals surface area contributed by atoms with Crippen LogP contribution in [0.25, 0.3) is 0 Å². The topological polar surface area (TPSA) is 38.3 Å². The van der Waals surface area contributed by atoms with Gasteiger partial charge < -0.3 is 10.1 Å². The predicted octanol–water partition coefficient (Wildman–Crippen LogP) is 3.64. The lowest BCUT2D eigenvalue weighted by Crippen LogP contribution is -2.24. The van der Waals surface area contributed by atoms with E-state index in [1.807, 2.05) is 24.3 Å². The Balaban J connectivity index is 2.48. The molecule has 1 amide bonds. The number of hydrogen-bond acceptors (Lipinski definition) is 2. The zero-order valence-electron chi connectivity index (χ0n) is 12.2. The van der Waals surface area contributed by atoms with Crippen LogP contribution >= 0.6 is 0 Å². The van der Waals surface area contributed by atoms with Crippen molar-refractivity contribution in [3.8, 4) is 5.75 Å². The molecule has 0 saturated heterocycles. The first kappa shape index (κ1) is 15.5. The van der Waals surface area contributed by atoms with Crippen molar-refractivity contribution in [2.24, 2.45) is 5.92 Å². The van der Waals surface area contributed by atoms with Crippen LogP contribution in [-0.4, -0.2) is 19.1 Å². The van der Waals surface area contributed by atoms with E-state index in [1.54, 1.807) is 0 Å². The van der Waals surface area contributed by atoms with Gasteiger partial charge in [-0.05, 0) is 37.0 Å². The molecule has 0 fully saturated rings. The summed E-state index contributed by atoms with van der Waals surface area (Å²) in [6, 6.07) is 7.38. The molecule has 0 heterocycles. The van der Waals surface area contributed by atoms with Crippen LogP contribution in [0.4, 0.5) is 0 Å². The second-order valence-corrected chi connectivity index (χ2v) is 5.17. The predicted molar refractivity (Wildman–Crippen MR) is 78.6 cm³/mol. The van der Waals surface area contributed by atoms with Gasteiger partial charge in [-0.2, -0.15) is 0 Å². The molecule has 19 heavy (non-hydrogen) atoms.